The van der Waals surface area contributed by atoms with E-state index in [0.29, 0.717) is 23.4 Å². The predicted octanol–water partition coefficient (Wildman–Crippen LogP) is 4.11. The van der Waals surface area contributed by atoms with Crippen LogP contribution in [-0.2, 0) is 4.79 Å². The fourth-order valence-corrected chi connectivity index (χ4v) is 2.52. The third kappa shape index (κ3) is 5.69. The lowest BCUT2D eigenvalue weighted by atomic mass is 10.1. The number of hydrogen-bond acceptors (Lipinski definition) is 5. The van der Waals surface area contributed by atoms with Gasteiger partial charge in [0.05, 0.1) is 12.7 Å². The Bertz CT molecular complexity index is 930. The minimum atomic E-state index is -0.522. The highest BCUT2D eigenvalue weighted by molar-refractivity contribution is 9.10. The Morgan fingerprint density at radius 2 is 1.89 bits per heavy atom. The van der Waals surface area contributed by atoms with Crippen LogP contribution in [0.15, 0.2) is 52.5 Å². The molecule has 0 saturated heterocycles. The molecule has 1 amide bonds. The van der Waals surface area contributed by atoms with Gasteiger partial charge in [-0.3, -0.25) is 4.79 Å². The first-order chi connectivity index (χ1) is 13.5. The number of ether oxygens (including phenoxy) is 2. The van der Waals surface area contributed by atoms with E-state index in [1.807, 2.05) is 13.0 Å². The van der Waals surface area contributed by atoms with Gasteiger partial charge in [-0.05, 0) is 54.5 Å². The first-order valence-corrected chi connectivity index (χ1v) is 9.33. The minimum absolute atomic E-state index is 0.0184. The number of halogens is 1. The molecule has 0 fully saturated rings. The van der Waals surface area contributed by atoms with Crippen LogP contribution < -0.4 is 14.8 Å². The lowest BCUT2D eigenvalue weighted by Crippen LogP contribution is -2.25. The molecule has 7 heteroatoms. The zero-order valence-electron chi connectivity index (χ0n) is 15.5. The summed E-state index contributed by atoms with van der Waals surface area (Å²) in [6, 6.07) is 13.4. The quantitative estimate of drug-likeness (QED) is 0.301. The van der Waals surface area contributed by atoms with Gasteiger partial charge in [0.15, 0.2) is 11.5 Å². The van der Waals surface area contributed by atoms with Crippen molar-refractivity contribution in [1.29, 1.82) is 5.26 Å². The number of methoxy groups -OCH3 is 1. The molecule has 0 saturated carbocycles. The maximum absolute atomic E-state index is 12.3. The molecule has 2 rings (SSSR count). The zero-order chi connectivity index (χ0) is 20.5. The molecule has 0 radical (unpaired) electrons. The molecule has 0 aliphatic carbocycles. The maximum Gasteiger partial charge on any atom is 0.343 e. The van der Waals surface area contributed by atoms with Gasteiger partial charge in [0.2, 0.25) is 0 Å². The molecule has 2 aromatic rings. The lowest BCUT2D eigenvalue weighted by Gasteiger charge is -2.10. The van der Waals surface area contributed by atoms with E-state index < -0.39 is 11.9 Å². The fraction of sp³-hybridized carbons (Fsp3) is 0.190. The summed E-state index contributed by atoms with van der Waals surface area (Å²) in [5.74, 6) is -0.410. The Kier molecular flexibility index (Phi) is 7.78. The van der Waals surface area contributed by atoms with Crippen LogP contribution in [0.1, 0.15) is 29.3 Å². The van der Waals surface area contributed by atoms with Crippen LogP contribution >= 0.6 is 15.9 Å². The van der Waals surface area contributed by atoms with Crippen molar-refractivity contribution >= 4 is 33.9 Å². The molecule has 0 unspecified atom stereocenters. The van der Waals surface area contributed by atoms with Gasteiger partial charge in [-0.15, -0.1) is 0 Å². The fourth-order valence-electron chi connectivity index (χ4n) is 2.25. The first kappa shape index (κ1) is 21.2. The van der Waals surface area contributed by atoms with Gasteiger partial charge in [0.1, 0.15) is 11.6 Å². The molecule has 0 aliphatic rings. The average Bonchev–Trinajstić information content (AvgIpc) is 2.71. The molecule has 6 nitrogen and oxygen atoms in total. The van der Waals surface area contributed by atoms with E-state index in [1.54, 1.807) is 42.5 Å². The number of hydrogen-bond donors (Lipinski definition) is 1. The molecule has 28 heavy (non-hydrogen) atoms. The maximum atomic E-state index is 12.3. The van der Waals surface area contributed by atoms with Gasteiger partial charge in [-0.1, -0.05) is 28.9 Å². The SMILES string of the molecule is CCCNC(=O)/C(C#N)=C/c1ccc(OC(=O)c2ccc(Br)cc2)c(OC)c1. The molecule has 0 bridgehead atoms. The average molecular weight is 443 g/mol. The summed E-state index contributed by atoms with van der Waals surface area (Å²) in [4.78, 5) is 24.3. The molecule has 1 N–H and O–H groups in total. The van der Waals surface area contributed by atoms with Gasteiger partial charge >= 0.3 is 5.97 Å². The van der Waals surface area contributed by atoms with Crippen LogP contribution in [0, 0.1) is 11.3 Å². The van der Waals surface area contributed by atoms with Crippen LogP contribution in [0.4, 0.5) is 0 Å². The molecule has 0 atom stereocenters. The van der Waals surface area contributed by atoms with Crippen molar-refractivity contribution in [3.8, 4) is 17.6 Å². The molecule has 0 heterocycles. The predicted molar refractivity (Wildman–Crippen MR) is 109 cm³/mol. The standard InChI is InChI=1S/C21H19BrN2O4/c1-3-10-24-20(25)16(13-23)11-14-4-9-18(19(12-14)27-2)28-21(26)15-5-7-17(22)8-6-15/h4-9,11-12H,3,10H2,1-2H3,(H,24,25)/b16-11+. The number of esters is 1. The number of benzene rings is 2. The molecule has 0 aliphatic heterocycles. The van der Waals surface area contributed by atoms with E-state index in [9.17, 15) is 14.9 Å². The van der Waals surface area contributed by atoms with Crippen molar-refractivity contribution in [3.05, 3.63) is 63.6 Å². The highest BCUT2D eigenvalue weighted by Gasteiger charge is 2.14. The summed E-state index contributed by atoms with van der Waals surface area (Å²) in [7, 11) is 1.44. The normalized spacial score (nSPS) is 10.7. The highest BCUT2D eigenvalue weighted by Crippen LogP contribution is 2.30. The highest BCUT2D eigenvalue weighted by atomic mass is 79.9. The van der Waals surface area contributed by atoms with Crippen molar-refractivity contribution in [2.75, 3.05) is 13.7 Å². The van der Waals surface area contributed by atoms with E-state index in [-0.39, 0.29) is 11.3 Å². The largest absolute Gasteiger partial charge is 0.493 e. The van der Waals surface area contributed by atoms with E-state index in [0.717, 1.165) is 10.9 Å². The molecule has 144 valence electrons. The third-order valence-corrected chi connectivity index (χ3v) is 4.21. The van der Waals surface area contributed by atoms with Gasteiger partial charge in [-0.2, -0.15) is 5.26 Å². The second-order valence-electron chi connectivity index (χ2n) is 5.73. The topological polar surface area (TPSA) is 88.4 Å². The number of carbonyl (C=O) groups excluding carboxylic acids is 2. The van der Waals surface area contributed by atoms with Gasteiger partial charge < -0.3 is 14.8 Å². The molecule has 0 spiro atoms. The molecule has 0 aromatic heterocycles. The summed E-state index contributed by atoms with van der Waals surface area (Å²) in [6.07, 6.45) is 2.23. The Morgan fingerprint density at radius 1 is 1.18 bits per heavy atom. The number of nitrogens with zero attached hydrogens (tertiary/aromatic N) is 1. The van der Waals surface area contributed by atoms with E-state index in [4.69, 9.17) is 9.47 Å². The second-order valence-corrected chi connectivity index (χ2v) is 6.65. The van der Waals surface area contributed by atoms with Gasteiger partial charge in [-0.25, -0.2) is 4.79 Å². The molecule has 2 aromatic carbocycles. The first-order valence-electron chi connectivity index (χ1n) is 8.54. The smallest absolute Gasteiger partial charge is 0.343 e. The molecular formula is C21H19BrN2O4. The monoisotopic (exact) mass is 442 g/mol. The van der Waals surface area contributed by atoms with E-state index in [1.165, 1.54) is 13.2 Å². The van der Waals surface area contributed by atoms with Crippen molar-refractivity contribution in [2.45, 2.75) is 13.3 Å². The van der Waals surface area contributed by atoms with Crippen LogP contribution in [0.3, 0.4) is 0 Å². The number of rotatable bonds is 7. The van der Waals surface area contributed by atoms with Crippen molar-refractivity contribution in [3.63, 3.8) is 0 Å². The summed E-state index contributed by atoms with van der Waals surface area (Å²) in [5, 5.41) is 11.9. The Hall–Kier alpha value is -3.11. The second kappa shape index (κ2) is 10.3. The summed E-state index contributed by atoms with van der Waals surface area (Å²) in [5.41, 5.74) is 0.951. The van der Waals surface area contributed by atoms with Gasteiger partial charge in [0, 0.05) is 11.0 Å². The van der Waals surface area contributed by atoms with Crippen molar-refractivity contribution < 1.29 is 19.1 Å². The summed E-state index contributed by atoms with van der Waals surface area (Å²) < 4.78 is 11.5. The summed E-state index contributed by atoms with van der Waals surface area (Å²) in [6.45, 7) is 2.42. The number of nitriles is 1. The Labute approximate surface area is 171 Å². The lowest BCUT2D eigenvalue weighted by molar-refractivity contribution is -0.117. The van der Waals surface area contributed by atoms with Crippen LogP contribution in [0.5, 0.6) is 11.5 Å². The summed E-state index contributed by atoms with van der Waals surface area (Å²) >= 11 is 3.31. The number of carbonyl (C=O) groups is 2. The third-order valence-electron chi connectivity index (χ3n) is 3.68. The van der Waals surface area contributed by atoms with Gasteiger partial charge in [0.25, 0.3) is 5.91 Å². The van der Waals surface area contributed by atoms with Crippen LogP contribution in [0.2, 0.25) is 0 Å². The van der Waals surface area contributed by atoms with Crippen molar-refractivity contribution in [1.82, 2.24) is 5.32 Å². The molecular weight excluding hydrogens is 424 g/mol. The van der Waals surface area contributed by atoms with E-state index >= 15 is 0 Å². The van der Waals surface area contributed by atoms with E-state index in [2.05, 4.69) is 21.2 Å². The number of amides is 1. The Balaban J connectivity index is 2.22. The Morgan fingerprint density at radius 3 is 2.50 bits per heavy atom. The van der Waals surface area contributed by atoms with Crippen molar-refractivity contribution in [2.24, 2.45) is 0 Å². The number of nitrogens with one attached hydrogen (secondary N) is 1. The zero-order valence-corrected chi connectivity index (χ0v) is 17.1. The minimum Gasteiger partial charge on any atom is -0.493 e. The van der Waals surface area contributed by atoms with Crippen LogP contribution in [0.25, 0.3) is 6.08 Å². The van der Waals surface area contributed by atoms with Crippen LogP contribution in [-0.4, -0.2) is 25.5 Å².